The lowest BCUT2D eigenvalue weighted by molar-refractivity contribution is -0.120. The zero-order chi connectivity index (χ0) is 22.3. The number of aromatic nitrogens is 1. The van der Waals surface area contributed by atoms with Gasteiger partial charge in [0, 0.05) is 30.2 Å². The number of ether oxygens (including phenoxy) is 1. The van der Waals surface area contributed by atoms with E-state index in [1.165, 1.54) is 7.11 Å². The van der Waals surface area contributed by atoms with Gasteiger partial charge in [-0.1, -0.05) is 11.6 Å². The molecule has 3 N–H and O–H groups in total. The number of methoxy groups -OCH3 is 1. The highest BCUT2D eigenvalue weighted by molar-refractivity contribution is 6.31. The van der Waals surface area contributed by atoms with Gasteiger partial charge in [0.1, 0.15) is 23.4 Å². The third-order valence-electron chi connectivity index (χ3n) is 5.74. The molecule has 31 heavy (non-hydrogen) atoms. The molecule has 2 aromatic rings. The maximum absolute atomic E-state index is 14.6. The highest BCUT2D eigenvalue weighted by atomic mass is 35.5. The van der Waals surface area contributed by atoms with Crippen molar-refractivity contribution in [1.82, 2.24) is 20.9 Å². The molecule has 1 aromatic heterocycles. The van der Waals surface area contributed by atoms with Crippen LogP contribution < -0.4 is 20.7 Å². The molecule has 1 saturated heterocycles. The molecule has 4 rings (SSSR count). The number of carbonyl (C=O) groups is 2. The molecule has 0 unspecified atom stereocenters. The van der Waals surface area contributed by atoms with Crippen LogP contribution in [-0.4, -0.2) is 36.6 Å². The first-order valence-corrected chi connectivity index (χ1v) is 10.1. The van der Waals surface area contributed by atoms with Gasteiger partial charge in [0.15, 0.2) is 0 Å². The minimum atomic E-state index is -1.13. The molecule has 2 aliphatic rings. The predicted molar refractivity (Wildman–Crippen MR) is 109 cm³/mol. The highest BCUT2D eigenvalue weighted by Crippen LogP contribution is 2.45. The van der Waals surface area contributed by atoms with E-state index in [0.717, 1.165) is 12.1 Å². The molecule has 164 valence electrons. The number of hydrogen-bond acceptors (Lipinski definition) is 4. The lowest BCUT2D eigenvalue weighted by Gasteiger charge is -2.23. The number of nitrogens with one attached hydrogen (secondary N) is 3. The second kappa shape index (κ2) is 7.96. The zero-order valence-electron chi connectivity index (χ0n) is 16.9. The lowest BCUT2D eigenvalue weighted by atomic mass is 9.93. The molecule has 7 nitrogen and oxygen atoms in total. The summed E-state index contributed by atoms with van der Waals surface area (Å²) < 4.78 is 34.0. The molecule has 2 atom stereocenters. The third kappa shape index (κ3) is 4.01. The summed E-state index contributed by atoms with van der Waals surface area (Å²) in [6, 6.07) is 3.81. The Balaban J connectivity index is 1.52. The first-order chi connectivity index (χ1) is 14.7. The lowest BCUT2D eigenvalue weighted by Crippen LogP contribution is -2.50. The fourth-order valence-corrected chi connectivity index (χ4v) is 3.97. The van der Waals surface area contributed by atoms with Gasteiger partial charge in [-0.2, -0.15) is 0 Å². The standard InChI is InChI=1S/C21H21ClF2N4O3/c1-10-13(22)3-4-16(26-10)21(5-6-21)28-20(30)27-18-12(9-25-19(18)29)17-14(23)7-11(31-2)8-15(17)24/h3-4,7-8,12,18H,5-6,9H2,1-2H3,(H,25,29)(H2,27,28,30)/t12-,18-/m0/s1. The van der Waals surface area contributed by atoms with Crippen molar-refractivity contribution >= 4 is 23.5 Å². The molecule has 2 heterocycles. The van der Waals surface area contributed by atoms with Crippen LogP contribution >= 0.6 is 11.6 Å². The highest BCUT2D eigenvalue weighted by Gasteiger charge is 2.48. The Morgan fingerprint density at radius 2 is 1.97 bits per heavy atom. The maximum atomic E-state index is 14.6. The van der Waals surface area contributed by atoms with Gasteiger partial charge in [0.25, 0.3) is 0 Å². The Morgan fingerprint density at radius 3 is 2.55 bits per heavy atom. The van der Waals surface area contributed by atoms with Gasteiger partial charge >= 0.3 is 6.03 Å². The van der Waals surface area contributed by atoms with Crippen molar-refractivity contribution in [3.05, 3.63) is 57.9 Å². The van der Waals surface area contributed by atoms with Crippen LogP contribution in [0.4, 0.5) is 13.6 Å². The topological polar surface area (TPSA) is 92.4 Å². The van der Waals surface area contributed by atoms with E-state index in [0.29, 0.717) is 29.3 Å². The first kappa shape index (κ1) is 21.3. The summed E-state index contributed by atoms with van der Waals surface area (Å²) in [6.07, 6.45) is 1.35. The minimum absolute atomic E-state index is 0.00692. The third-order valence-corrected chi connectivity index (χ3v) is 6.14. The summed E-state index contributed by atoms with van der Waals surface area (Å²) >= 11 is 6.03. The number of hydrogen-bond donors (Lipinski definition) is 3. The fourth-order valence-electron chi connectivity index (χ4n) is 3.86. The smallest absolute Gasteiger partial charge is 0.316 e. The van der Waals surface area contributed by atoms with E-state index < -0.39 is 41.1 Å². The van der Waals surface area contributed by atoms with Crippen LogP contribution in [-0.2, 0) is 10.3 Å². The predicted octanol–water partition coefficient (Wildman–Crippen LogP) is 2.90. The van der Waals surface area contributed by atoms with Gasteiger partial charge in [-0.15, -0.1) is 0 Å². The number of aryl methyl sites for hydroxylation is 1. The summed E-state index contributed by atoms with van der Waals surface area (Å²) in [5.41, 5.74) is 0.388. The monoisotopic (exact) mass is 450 g/mol. The number of halogens is 3. The van der Waals surface area contributed by atoms with E-state index >= 15 is 0 Å². The van der Waals surface area contributed by atoms with Crippen molar-refractivity contribution in [3.63, 3.8) is 0 Å². The van der Waals surface area contributed by atoms with Gasteiger partial charge < -0.3 is 20.7 Å². The van der Waals surface area contributed by atoms with E-state index in [1.807, 2.05) is 0 Å². The number of carbonyl (C=O) groups excluding carboxylic acids is 2. The van der Waals surface area contributed by atoms with E-state index in [4.69, 9.17) is 16.3 Å². The Labute approximate surface area is 182 Å². The molecule has 2 fully saturated rings. The average molecular weight is 451 g/mol. The summed E-state index contributed by atoms with van der Waals surface area (Å²) in [4.78, 5) is 29.5. The number of rotatable bonds is 5. The van der Waals surface area contributed by atoms with Crippen LogP contribution in [0.25, 0.3) is 0 Å². The number of pyridine rings is 1. The number of urea groups is 1. The minimum Gasteiger partial charge on any atom is -0.497 e. The number of amides is 3. The Kier molecular flexibility index (Phi) is 5.47. The van der Waals surface area contributed by atoms with Crippen molar-refractivity contribution in [2.75, 3.05) is 13.7 Å². The second-order valence-electron chi connectivity index (χ2n) is 7.78. The van der Waals surface area contributed by atoms with Crippen molar-refractivity contribution < 1.29 is 23.1 Å². The van der Waals surface area contributed by atoms with Crippen LogP contribution in [0.3, 0.4) is 0 Å². The maximum Gasteiger partial charge on any atom is 0.316 e. The van der Waals surface area contributed by atoms with Crippen molar-refractivity contribution in [2.45, 2.75) is 37.3 Å². The van der Waals surface area contributed by atoms with Crippen LogP contribution in [0.1, 0.15) is 35.7 Å². The molecule has 1 aromatic carbocycles. The van der Waals surface area contributed by atoms with Gasteiger partial charge in [-0.05, 0) is 31.9 Å². The largest absolute Gasteiger partial charge is 0.497 e. The van der Waals surface area contributed by atoms with E-state index in [1.54, 1.807) is 19.1 Å². The van der Waals surface area contributed by atoms with Crippen molar-refractivity contribution in [1.29, 1.82) is 0 Å². The van der Waals surface area contributed by atoms with Gasteiger partial charge in [0.05, 0.1) is 29.1 Å². The summed E-state index contributed by atoms with van der Waals surface area (Å²) in [6.45, 7) is 1.76. The molecule has 1 aliphatic carbocycles. The Hall–Kier alpha value is -2.94. The molecule has 1 saturated carbocycles. The number of nitrogens with zero attached hydrogens (tertiary/aromatic N) is 1. The van der Waals surface area contributed by atoms with E-state index in [9.17, 15) is 18.4 Å². The molecular formula is C21H21ClF2N4O3. The fraction of sp³-hybridized carbons (Fsp3) is 0.381. The first-order valence-electron chi connectivity index (χ1n) is 9.77. The molecular weight excluding hydrogens is 430 g/mol. The average Bonchev–Trinajstić information content (AvgIpc) is 3.42. The normalized spacial score (nSPS) is 21.4. The SMILES string of the molecule is COc1cc(F)c([C@@H]2CNC(=O)[C@H]2NC(=O)NC2(c3ccc(Cl)c(C)n3)CC2)c(F)c1. The van der Waals surface area contributed by atoms with Gasteiger partial charge in [0.2, 0.25) is 5.91 Å². The molecule has 3 amide bonds. The summed E-state index contributed by atoms with van der Waals surface area (Å²) in [7, 11) is 1.30. The summed E-state index contributed by atoms with van der Waals surface area (Å²) in [5, 5.41) is 8.51. The molecule has 1 aliphatic heterocycles. The Morgan fingerprint density at radius 1 is 1.29 bits per heavy atom. The van der Waals surface area contributed by atoms with Crippen molar-refractivity contribution in [3.8, 4) is 5.75 Å². The second-order valence-corrected chi connectivity index (χ2v) is 8.19. The van der Waals surface area contributed by atoms with Crippen LogP contribution in [0.5, 0.6) is 5.75 Å². The molecule has 0 spiro atoms. The van der Waals surface area contributed by atoms with Gasteiger partial charge in [-0.3, -0.25) is 9.78 Å². The van der Waals surface area contributed by atoms with Crippen LogP contribution in [0, 0.1) is 18.6 Å². The van der Waals surface area contributed by atoms with Crippen molar-refractivity contribution in [2.24, 2.45) is 0 Å². The molecule has 10 heteroatoms. The summed E-state index contributed by atoms with van der Waals surface area (Å²) in [5.74, 6) is -3.08. The van der Waals surface area contributed by atoms with E-state index in [-0.39, 0.29) is 17.9 Å². The molecule has 0 bridgehead atoms. The molecule has 0 radical (unpaired) electrons. The van der Waals surface area contributed by atoms with E-state index in [2.05, 4.69) is 20.9 Å². The Bertz CT molecular complexity index is 1040. The quantitative estimate of drug-likeness (QED) is 0.653. The van der Waals surface area contributed by atoms with Crippen LogP contribution in [0.2, 0.25) is 5.02 Å². The van der Waals surface area contributed by atoms with Gasteiger partial charge in [-0.25, -0.2) is 13.6 Å². The zero-order valence-corrected chi connectivity index (χ0v) is 17.6. The van der Waals surface area contributed by atoms with Crippen LogP contribution in [0.15, 0.2) is 24.3 Å². The number of benzene rings is 1.